The molecule has 0 aliphatic carbocycles. The van der Waals surface area contributed by atoms with E-state index >= 15 is 0 Å². The maximum Gasteiger partial charge on any atom is 0.311 e. The van der Waals surface area contributed by atoms with E-state index in [0.29, 0.717) is 15.2 Å². The van der Waals surface area contributed by atoms with E-state index in [2.05, 4.69) is 21.2 Å². The van der Waals surface area contributed by atoms with Gasteiger partial charge in [-0.25, -0.2) is 0 Å². The molecule has 0 bridgehead atoms. The zero-order valence-corrected chi connectivity index (χ0v) is 13.6. The maximum atomic E-state index is 12.2. The standard InChI is InChI=1S/C14H10BrClN2O4/c1-22-13-5-2-8(6-12(13)18(20)21)14(19)17-9-3-4-10(15)11(16)7-9/h2-7H,1H3,(H,17,19). The van der Waals surface area contributed by atoms with Gasteiger partial charge in [0.25, 0.3) is 5.91 Å². The Bertz CT molecular complexity index is 752. The second kappa shape index (κ2) is 6.76. The molecule has 0 fully saturated rings. The number of hydrogen-bond acceptors (Lipinski definition) is 4. The van der Waals surface area contributed by atoms with Gasteiger partial charge in [-0.3, -0.25) is 14.9 Å². The van der Waals surface area contributed by atoms with E-state index in [1.165, 1.54) is 19.2 Å². The Labute approximate surface area is 139 Å². The van der Waals surface area contributed by atoms with Crippen LogP contribution in [0.25, 0.3) is 0 Å². The zero-order chi connectivity index (χ0) is 16.3. The topological polar surface area (TPSA) is 81.5 Å². The van der Waals surface area contributed by atoms with Crippen LogP contribution in [0.15, 0.2) is 40.9 Å². The van der Waals surface area contributed by atoms with E-state index in [9.17, 15) is 14.9 Å². The highest BCUT2D eigenvalue weighted by atomic mass is 79.9. The number of nitro groups is 1. The number of ether oxygens (including phenoxy) is 1. The van der Waals surface area contributed by atoms with Crippen molar-refractivity contribution < 1.29 is 14.5 Å². The number of nitro benzene ring substituents is 1. The lowest BCUT2D eigenvalue weighted by molar-refractivity contribution is -0.385. The Morgan fingerprint density at radius 3 is 2.64 bits per heavy atom. The summed E-state index contributed by atoms with van der Waals surface area (Å²) in [6, 6.07) is 8.90. The molecule has 0 aliphatic heterocycles. The van der Waals surface area contributed by atoms with Gasteiger partial charge < -0.3 is 10.1 Å². The van der Waals surface area contributed by atoms with Crippen molar-refractivity contribution in [1.29, 1.82) is 0 Å². The van der Waals surface area contributed by atoms with Crippen LogP contribution < -0.4 is 10.1 Å². The maximum absolute atomic E-state index is 12.2. The molecule has 0 saturated carbocycles. The molecule has 6 nitrogen and oxygen atoms in total. The van der Waals surface area contributed by atoms with Crippen LogP contribution in [0, 0.1) is 10.1 Å². The summed E-state index contributed by atoms with van der Waals surface area (Å²) in [6.07, 6.45) is 0. The number of halogens is 2. The molecule has 22 heavy (non-hydrogen) atoms. The Hall–Kier alpha value is -2.12. The van der Waals surface area contributed by atoms with Gasteiger partial charge in [0.2, 0.25) is 0 Å². The molecule has 0 saturated heterocycles. The molecule has 1 amide bonds. The van der Waals surface area contributed by atoms with Crippen molar-refractivity contribution in [2.24, 2.45) is 0 Å². The normalized spacial score (nSPS) is 10.1. The number of anilines is 1. The lowest BCUT2D eigenvalue weighted by atomic mass is 10.1. The van der Waals surface area contributed by atoms with Crippen molar-refractivity contribution in [2.75, 3.05) is 12.4 Å². The molecule has 0 radical (unpaired) electrons. The molecule has 0 spiro atoms. The van der Waals surface area contributed by atoms with Crippen LogP contribution in [-0.4, -0.2) is 17.9 Å². The predicted octanol–water partition coefficient (Wildman–Crippen LogP) is 4.27. The smallest absolute Gasteiger partial charge is 0.311 e. The van der Waals surface area contributed by atoms with E-state index in [1.807, 2.05) is 0 Å². The summed E-state index contributed by atoms with van der Waals surface area (Å²) < 4.78 is 5.59. The Morgan fingerprint density at radius 2 is 2.05 bits per heavy atom. The van der Waals surface area contributed by atoms with Crippen molar-refractivity contribution in [3.05, 3.63) is 61.6 Å². The van der Waals surface area contributed by atoms with E-state index in [4.69, 9.17) is 16.3 Å². The molecular weight excluding hydrogens is 376 g/mol. The van der Waals surface area contributed by atoms with E-state index < -0.39 is 10.8 Å². The minimum Gasteiger partial charge on any atom is -0.490 e. The predicted molar refractivity (Wildman–Crippen MR) is 86.8 cm³/mol. The third kappa shape index (κ3) is 3.55. The molecule has 0 aromatic heterocycles. The van der Waals surface area contributed by atoms with Gasteiger partial charge in [-0.2, -0.15) is 0 Å². The quantitative estimate of drug-likeness (QED) is 0.629. The lowest BCUT2D eigenvalue weighted by Gasteiger charge is -2.07. The van der Waals surface area contributed by atoms with Crippen molar-refractivity contribution >= 4 is 44.8 Å². The van der Waals surface area contributed by atoms with Gasteiger partial charge in [0.1, 0.15) is 0 Å². The number of benzene rings is 2. The average molecular weight is 386 g/mol. The molecule has 2 aromatic carbocycles. The first-order chi connectivity index (χ1) is 10.4. The van der Waals surface area contributed by atoms with Crippen LogP contribution >= 0.6 is 27.5 Å². The molecule has 8 heteroatoms. The van der Waals surface area contributed by atoms with Crippen LogP contribution in [0.5, 0.6) is 5.75 Å². The van der Waals surface area contributed by atoms with Crippen LogP contribution in [0.1, 0.15) is 10.4 Å². The first-order valence-electron chi connectivity index (χ1n) is 6.01. The third-order valence-corrected chi connectivity index (χ3v) is 4.05. The third-order valence-electron chi connectivity index (χ3n) is 2.82. The van der Waals surface area contributed by atoms with Gasteiger partial charge in [0, 0.05) is 21.8 Å². The summed E-state index contributed by atoms with van der Waals surface area (Å²) in [4.78, 5) is 22.5. The van der Waals surface area contributed by atoms with E-state index in [0.717, 1.165) is 6.07 Å². The highest BCUT2D eigenvalue weighted by molar-refractivity contribution is 9.10. The Balaban J connectivity index is 2.27. The average Bonchev–Trinajstić information content (AvgIpc) is 2.50. The summed E-state index contributed by atoms with van der Waals surface area (Å²) in [6.45, 7) is 0. The second-order valence-corrected chi connectivity index (χ2v) is 5.49. The number of nitrogens with zero attached hydrogens (tertiary/aromatic N) is 1. The molecule has 114 valence electrons. The Kier molecular flexibility index (Phi) is 4.99. The number of hydrogen-bond donors (Lipinski definition) is 1. The SMILES string of the molecule is COc1ccc(C(=O)Nc2ccc(Br)c(Cl)c2)cc1[N+](=O)[O-]. The summed E-state index contributed by atoms with van der Waals surface area (Å²) in [5, 5.41) is 14.0. The molecule has 0 atom stereocenters. The van der Waals surface area contributed by atoms with E-state index in [-0.39, 0.29) is 17.0 Å². The largest absolute Gasteiger partial charge is 0.490 e. The first-order valence-corrected chi connectivity index (χ1v) is 7.18. The number of nitrogens with one attached hydrogen (secondary N) is 1. The molecular formula is C14H10BrClN2O4. The van der Waals surface area contributed by atoms with Crippen LogP contribution in [0.4, 0.5) is 11.4 Å². The fourth-order valence-corrected chi connectivity index (χ4v) is 2.18. The minimum atomic E-state index is -0.605. The second-order valence-electron chi connectivity index (χ2n) is 4.23. The summed E-state index contributed by atoms with van der Waals surface area (Å²) in [5.41, 5.74) is 0.354. The van der Waals surface area contributed by atoms with Gasteiger partial charge in [0.05, 0.1) is 17.1 Å². The zero-order valence-electron chi connectivity index (χ0n) is 11.3. The summed E-state index contributed by atoms with van der Waals surface area (Å²) in [5.74, 6) is -0.391. The van der Waals surface area contributed by atoms with Crippen LogP contribution in [0.2, 0.25) is 5.02 Å². The van der Waals surface area contributed by atoms with Gasteiger partial charge in [-0.1, -0.05) is 11.6 Å². The van der Waals surface area contributed by atoms with Gasteiger partial charge in [0.15, 0.2) is 5.75 Å². The first kappa shape index (κ1) is 16.3. The highest BCUT2D eigenvalue weighted by Crippen LogP contribution is 2.29. The van der Waals surface area contributed by atoms with Gasteiger partial charge in [-0.15, -0.1) is 0 Å². The molecule has 2 rings (SSSR count). The minimum absolute atomic E-state index is 0.0910. The summed E-state index contributed by atoms with van der Waals surface area (Å²) >= 11 is 9.19. The number of methoxy groups -OCH3 is 1. The van der Waals surface area contributed by atoms with Crippen molar-refractivity contribution in [2.45, 2.75) is 0 Å². The molecule has 0 heterocycles. The number of rotatable bonds is 4. The number of carbonyl (C=O) groups excluding carboxylic acids is 1. The van der Waals surface area contributed by atoms with Crippen molar-refractivity contribution in [3.8, 4) is 5.75 Å². The number of amides is 1. The fourth-order valence-electron chi connectivity index (χ4n) is 1.75. The molecule has 2 aromatic rings. The molecule has 0 aliphatic rings. The van der Waals surface area contributed by atoms with Gasteiger partial charge in [-0.05, 0) is 46.3 Å². The van der Waals surface area contributed by atoms with Crippen LogP contribution in [0.3, 0.4) is 0 Å². The highest BCUT2D eigenvalue weighted by Gasteiger charge is 2.18. The Morgan fingerprint density at radius 1 is 1.32 bits per heavy atom. The summed E-state index contributed by atoms with van der Waals surface area (Å²) in [7, 11) is 1.33. The van der Waals surface area contributed by atoms with Gasteiger partial charge >= 0.3 is 5.69 Å². The molecule has 1 N–H and O–H groups in total. The number of carbonyl (C=O) groups is 1. The van der Waals surface area contributed by atoms with Crippen molar-refractivity contribution in [3.63, 3.8) is 0 Å². The fraction of sp³-hybridized carbons (Fsp3) is 0.0714. The van der Waals surface area contributed by atoms with E-state index in [1.54, 1.807) is 18.2 Å². The lowest BCUT2D eigenvalue weighted by Crippen LogP contribution is -2.12. The van der Waals surface area contributed by atoms with Crippen molar-refractivity contribution in [1.82, 2.24) is 0 Å². The van der Waals surface area contributed by atoms with Crippen LogP contribution in [-0.2, 0) is 0 Å². The monoisotopic (exact) mass is 384 g/mol. The molecule has 0 unspecified atom stereocenters.